The van der Waals surface area contributed by atoms with Crippen LogP contribution in [0, 0.1) is 31.0 Å². The van der Waals surface area contributed by atoms with Crippen molar-refractivity contribution in [2.45, 2.75) is 20.5 Å². The molecule has 0 aliphatic rings. The highest BCUT2D eigenvalue weighted by Gasteiger charge is 2.13. The average Bonchev–Trinajstić information content (AvgIpc) is 3.16. The van der Waals surface area contributed by atoms with Crippen LogP contribution >= 0.6 is 11.6 Å². The van der Waals surface area contributed by atoms with Crippen LogP contribution in [0.25, 0.3) is 5.69 Å². The highest BCUT2D eigenvalue weighted by Crippen LogP contribution is 2.23. The van der Waals surface area contributed by atoms with Gasteiger partial charge in [-0.2, -0.15) is 10.4 Å². The Morgan fingerprint density at radius 1 is 1.14 bits per heavy atom. The maximum absolute atomic E-state index is 14.0. The molecule has 3 aromatic carbocycles. The number of carbonyl (C=O) groups is 1. The highest BCUT2D eigenvalue weighted by atomic mass is 35.5. The predicted octanol–water partition coefficient (Wildman–Crippen LogP) is 6.10. The van der Waals surface area contributed by atoms with Gasteiger partial charge < -0.3 is 9.30 Å². The second-order valence-electron chi connectivity index (χ2n) is 8.04. The van der Waals surface area contributed by atoms with Crippen molar-refractivity contribution in [1.29, 1.82) is 5.26 Å². The van der Waals surface area contributed by atoms with Crippen LogP contribution in [0.4, 0.5) is 4.39 Å². The molecule has 0 unspecified atom stereocenters. The van der Waals surface area contributed by atoms with E-state index in [0.717, 1.165) is 40.0 Å². The number of hydrazone groups is 1. The lowest BCUT2D eigenvalue weighted by Crippen LogP contribution is -2.19. The van der Waals surface area contributed by atoms with Crippen molar-refractivity contribution in [1.82, 2.24) is 9.99 Å². The number of halogens is 2. The third-order valence-electron chi connectivity index (χ3n) is 5.63. The number of nitrogens with one attached hydrogen (secondary N) is 1. The number of carbonyl (C=O) groups excluding carboxylic acids is 1. The van der Waals surface area contributed by atoms with Gasteiger partial charge in [0.05, 0.1) is 23.4 Å². The van der Waals surface area contributed by atoms with Crippen LogP contribution in [0.1, 0.15) is 38.4 Å². The molecule has 4 aromatic rings. The Balaban J connectivity index is 1.44. The molecular formula is C28H22ClFN4O2. The van der Waals surface area contributed by atoms with E-state index in [9.17, 15) is 9.18 Å². The Morgan fingerprint density at radius 2 is 1.89 bits per heavy atom. The van der Waals surface area contributed by atoms with Gasteiger partial charge in [0.2, 0.25) is 0 Å². The van der Waals surface area contributed by atoms with Crippen LogP contribution in [0.2, 0.25) is 5.02 Å². The van der Waals surface area contributed by atoms with Crippen molar-refractivity contribution in [3.8, 4) is 17.5 Å². The van der Waals surface area contributed by atoms with E-state index >= 15 is 0 Å². The number of aryl methyl sites for hydroxylation is 1. The topological polar surface area (TPSA) is 79.4 Å². The van der Waals surface area contributed by atoms with Crippen LogP contribution in [0.15, 0.2) is 77.9 Å². The zero-order chi connectivity index (χ0) is 25.7. The fourth-order valence-corrected chi connectivity index (χ4v) is 3.96. The zero-order valence-corrected chi connectivity index (χ0v) is 20.4. The van der Waals surface area contributed by atoms with Crippen LogP contribution < -0.4 is 10.2 Å². The summed E-state index contributed by atoms with van der Waals surface area (Å²) >= 11 is 6.19. The van der Waals surface area contributed by atoms with Gasteiger partial charge in [0.15, 0.2) is 0 Å². The molecule has 36 heavy (non-hydrogen) atoms. The van der Waals surface area contributed by atoms with Crippen LogP contribution in [0.3, 0.4) is 0 Å². The Labute approximate surface area is 213 Å². The summed E-state index contributed by atoms with van der Waals surface area (Å²) in [6, 6.07) is 22.7. The molecular weight excluding hydrogens is 479 g/mol. The number of rotatable bonds is 7. The first-order chi connectivity index (χ1) is 17.4. The van der Waals surface area contributed by atoms with E-state index in [2.05, 4.69) is 15.1 Å². The van der Waals surface area contributed by atoms with E-state index in [0.29, 0.717) is 11.6 Å². The minimum Gasteiger partial charge on any atom is -0.489 e. The molecule has 1 N–H and O–H groups in total. The summed E-state index contributed by atoms with van der Waals surface area (Å²) < 4.78 is 22.0. The van der Waals surface area contributed by atoms with Gasteiger partial charge in [0.1, 0.15) is 18.2 Å². The third-order valence-corrected chi connectivity index (χ3v) is 6.00. The maximum atomic E-state index is 14.0. The van der Waals surface area contributed by atoms with Gasteiger partial charge in [-0.05, 0) is 68.4 Å². The van der Waals surface area contributed by atoms with Gasteiger partial charge in [-0.25, -0.2) is 9.82 Å². The molecule has 4 rings (SSSR count). The SMILES string of the molecule is Cc1cc(/C=N\NC(=O)c2ccc(C#N)cc2F)c(C)n1-c1ccc(OCc2ccccc2Cl)cc1. The summed E-state index contributed by atoms with van der Waals surface area (Å²) in [6.07, 6.45) is 1.51. The van der Waals surface area contributed by atoms with Crippen molar-refractivity contribution in [3.63, 3.8) is 0 Å². The first-order valence-electron chi connectivity index (χ1n) is 11.1. The highest BCUT2D eigenvalue weighted by molar-refractivity contribution is 6.31. The number of ether oxygens (including phenoxy) is 1. The lowest BCUT2D eigenvalue weighted by Gasteiger charge is -2.12. The van der Waals surface area contributed by atoms with Gasteiger partial charge in [0.25, 0.3) is 5.91 Å². The van der Waals surface area contributed by atoms with Gasteiger partial charge >= 0.3 is 0 Å². The molecule has 0 saturated heterocycles. The summed E-state index contributed by atoms with van der Waals surface area (Å²) in [5, 5.41) is 13.5. The normalized spacial score (nSPS) is 10.9. The quantitative estimate of drug-likeness (QED) is 0.246. The van der Waals surface area contributed by atoms with Crippen molar-refractivity contribution in [3.05, 3.63) is 117 Å². The summed E-state index contributed by atoms with van der Waals surface area (Å²) in [6.45, 7) is 4.29. The van der Waals surface area contributed by atoms with Gasteiger partial charge in [-0.1, -0.05) is 29.8 Å². The Kier molecular flexibility index (Phi) is 7.47. The molecule has 6 nitrogen and oxygen atoms in total. The minimum atomic E-state index is -0.778. The van der Waals surface area contributed by atoms with Crippen molar-refractivity contribution < 1.29 is 13.9 Å². The monoisotopic (exact) mass is 500 g/mol. The number of nitrogens with zero attached hydrogens (tertiary/aromatic N) is 3. The largest absolute Gasteiger partial charge is 0.489 e. The molecule has 0 radical (unpaired) electrons. The fraction of sp³-hybridized carbons (Fsp3) is 0.107. The molecule has 1 heterocycles. The van der Waals surface area contributed by atoms with E-state index in [1.54, 1.807) is 0 Å². The predicted molar refractivity (Wildman–Crippen MR) is 137 cm³/mol. The zero-order valence-electron chi connectivity index (χ0n) is 19.6. The standard InChI is InChI=1S/C28H22ClFN4O2/c1-18-13-22(16-32-33-28(35)25-12-7-20(15-31)14-27(25)30)19(2)34(18)23-8-10-24(11-9-23)36-17-21-5-3-4-6-26(21)29/h3-14,16H,17H2,1-2H3,(H,33,35)/b32-16-. The van der Waals surface area contributed by atoms with Crippen molar-refractivity contribution >= 4 is 23.7 Å². The van der Waals surface area contributed by atoms with E-state index < -0.39 is 11.7 Å². The average molecular weight is 501 g/mol. The summed E-state index contributed by atoms with van der Waals surface area (Å²) in [4.78, 5) is 12.3. The summed E-state index contributed by atoms with van der Waals surface area (Å²) in [5.41, 5.74) is 6.83. The molecule has 8 heteroatoms. The minimum absolute atomic E-state index is 0.139. The lowest BCUT2D eigenvalue weighted by molar-refractivity contribution is 0.0951. The number of aromatic nitrogens is 1. The first-order valence-corrected chi connectivity index (χ1v) is 11.4. The van der Waals surface area contributed by atoms with E-state index in [-0.39, 0.29) is 11.1 Å². The molecule has 1 amide bonds. The van der Waals surface area contributed by atoms with E-state index in [1.807, 2.05) is 74.5 Å². The Hall–Kier alpha value is -4.41. The third kappa shape index (κ3) is 5.45. The number of amides is 1. The summed E-state index contributed by atoms with van der Waals surface area (Å²) in [7, 11) is 0. The molecule has 0 spiro atoms. The first kappa shape index (κ1) is 24.7. The van der Waals surface area contributed by atoms with Crippen LogP contribution in [-0.2, 0) is 6.61 Å². The Bertz CT molecular complexity index is 1490. The van der Waals surface area contributed by atoms with Gasteiger partial charge in [-0.15, -0.1) is 0 Å². The van der Waals surface area contributed by atoms with Crippen LogP contribution in [0.5, 0.6) is 5.75 Å². The van der Waals surface area contributed by atoms with Crippen molar-refractivity contribution in [2.75, 3.05) is 0 Å². The number of benzene rings is 3. The molecule has 0 aliphatic heterocycles. The number of nitriles is 1. The molecule has 180 valence electrons. The number of hydrogen-bond donors (Lipinski definition) is 1. The van der Waals surface area contributed by atoms with Crippen LogP contribution in [-0.4, -0.2) is 16.7 Å². The molecule has 1 aromatic heterocycles. The van der Waals surface area contributed by atoms with Crippen molar-refractivity contribution in [2.24, 2.45) is 5.10 Å². The van der Waals surface area contributed by atoms with E-state index in [1.165, 1.54) is 18.3 Å². The molecule has 0 saturated carbocycles. The smallest absolute Gasteiger partial charge is 0.274 e. The second-order valence-corrected chi connectivity index (χ2v) is 8.45. The van der Waals surface area contributed by atoms with Gasteiger partial charge in [-0.3, -0.25) is 4.79 Å². The second kappa shape index (κ2) is 10.9. The van der Waals surface area contributed by atoms with Gasteiger partial charge in [0, 0.05) is 33.2 Å². The molecule has 0 atom stereocenters. The fourth-order valence-electron chi connectivity index (χ4n) is 3.77. The lowest BCUT2D eigenvalue weighted by atomic mass is 10.1. The molecule has 0 bridgehead atoms. The van der Waals surface area contributed by atoms with E-state index in [4.69, 9.17) is 21.6 Å². The molecule has 0 aliphatic carbocycles. The molecule has 0 fully saturated rings. The maximum Gasteiger partial charge on any atom is 0.274 e. The number of hydrogen-bond acceptors (Lipinski definition) is 4. The Morgan fingerprint density at radius 3 is 2.58 bits per heavy atom. The summed E-state index contributed by atoms with van der Waals surface area (Å²) in [5.74, 6) is -0.755.